The average Bonchev–Trinajstić information content (AvgIpc) is 2.69. The van der Waals surface area contributed by atoms with E-state index in [2.05, 4.69) is 0 Å². The van der Waals surface area contributed by atoms with Crippen LogP contribution in [0.15, 0.2) is 48.5 Å². The van der Waals surface area contributed by atoms with E-state index in [9.17, 15) is 18.0 Å². The van der Waals surface area contributed by atoms with Crippen LogP contribution < -0.4 is 4.74 Å². The second-order valence-corrected chi connectivity index (χ2v) is 7.13. The summed E-state index contributed by atoms with van der Waals surface area (Å²) in [5.41, 5.74) is 4.19. The maximum atomic E-state index is 14.7. The SMILES string of the molecule is Cc1cc(CCc2c(F)ccc(OCC(=O)O)c2F)c(C)c(-c2cccc(F)c2)c1. The normalized spacial score (nSPS) is 10.8. The molecule has 0 saturated carbocycles. The summed E-state index contributed by atoms with van der Waals surface area (Å²) >= 11 is 0. The number of carbonyl (C=O) groups is 1. The van der Waals surface area contributed by atoms with Crippen LogP contribution in [0.1, 0.15) is 22.3 Å². The van der Waals surface area contributed by atoms with Crippen molar-refractivity contribution in [3.8, 4) is 16.9 Å². The van der Waals surface area contributed by atoms with Crippen LogP contribution in [0.4, 0.5) is 13.2 Å². The summed E-state index contributed by atoms with van der Waals surface area (Å²) in [6, 6.07) is 12.3. The molecule has 3 nitrogen and oxygen atoms in total. The summed E-state index contributed by atoms with van der Waals surface area (Å²) in [5.74, 6) is -3.49. The lowest BCUT2D eigenvalue weighted by Crippen LogP contribution is -2.11. The second-order valence-electron chi connectivity index (χ2n) is 7.13. The van der Waals surface area contributed by atoms with Crippen molar-refractivity contribution in [3.05, 3.63) is 88.2 Å². The third kappa shape index (κ3) is 4.82. The molecular weight excluding hydrogens is 393 g/mol. The zero-order valence-corrected chi connectivity index (χ0v) is 16.6. The van der Waals surface area contributed by atoms with Gasteiger partial charge in [-0.05, 0) is 73.2 Å². The summed E-state index contributed by atoms with van der Waals surface area (Å²) < 4.78 is 47.5. The second kappa shape index (κ2) is 9.03. The van der Waals surface area contributed by atoms with Gasteiger partial charge in [-0.1, -0.05) is 29.8 Å². The molecule has 3 aromatic rings. The van der Waals surface area contributed by atoms with E-state index >= 15 is 0 Å². The smallest absolute Gasteiger partial charge is 0.341 e. The molecule has 0 atom stereocenters. The predicted octanol–water partition coefficient (Wildman–Crippen LogP) is 5.64. The van der Waals surface area contributed by atoms with Crippen molar-refractivity contribution in [1.82, 2.24) is 0 Å². The zero-order valence-electron chi connectivity index (χ0n) is 16.6. The highest BCUT2D eigenvalue weighted by atomic mass is 19.1. The topological polar surface area (TPSA) is 46.5 Å². The van der Waals surface area contributed by atoms with Gasteiger partial charge in [-0.3, -0.25) is 0 Å². The molecule has 0 fully saturated rings. The minimum absolute atomic E-state index is 0.0643. The fourth-order valence-electron chi connectivity index (χ4n) is 3.47. The minimum atomic E-state index is -1.25. The third-order valence-electron chi connectivity index (χ3n) is 4.94. The van der Waals surface area contributed by atoms with Crippen molar-refractivity contribution in [3.63, 3.8) is 0 Å². The molecule has 0 amide bonds. The number of benzene rings is 3. The Morgan fingerprint density at radius 1 is 1.00 bits per heavy atom. The van der Waals surface area contributed by atoms with E-state index in [-0.39, 0.29) is 23.6 Å². The summed E-state index contributed by atoms with van der Waals surface area (Å²) in [6.45, 7) is 3.09. The highest BCUT2D eigenvalue weighted by Gasteiger charge is 2.17. The van der Waals surface area contributed by atoms with Crippen molar-refractivity contribution in [1.29, 1.82) is 0 Å². The summed E-state index contributed by atoms with van der Waals surface area (Å²) in [6.07, 6.45) is 0.418. The number of rotatable bonds is 7. The third-order valence-corrected chi connectivity index (χ3v) is 4.94. The Morgan fingerprint density at radius 3 is 2.47 bits per heavy atom. The lowest BCUT2D eigenvalue weighted by atomic mass is 9.91. The highest BCUT2D eigenvalue weighted by Crippen LogP contribution is 2.30. The molecule has 6 heteroatoms. The lowest BCUT2D eigenvalue weighted by Gasteiger charge is -2.15. The van der Waals surface area contributed by atoms with Crippen LogP contribution in [0.25, 0.3) is 11.1 Å². The Hall–Kier alpha value is -3.28. The molecule has 0 aliphatic carbocycles. The number of carboxylic acid groups (broad SMARTS) is 1. The molecule has 0 heterocycles. The number of hydrogen-bond acceptors (Lipinski definition) is 2. The molecule has 0 spiro atoms. The number of ether oxygens (including phenoxy) is 1. The molecule has 1 N–H and O–H groups in total. The van der Waals surface area contributed by atoms with Gasteiger partial charge in [0.25, 0.3) is 0 Å². The van der Waals surface area contributed by atoms with E-state index in [0.29, 0.717) is 6.42 Å². The molecule has 0 unspecified atom stereocenters. The van der Waals surface area contributed by atoms with Crippen molar-refractivity contribution in [2.24, 2.45) is 0 Å². The van der Waals surface area contributed by atoms with E-state index in [0.717, 1.165) is 39.9 Å². The predicted molar refractivity (Wildman–Crippen MR) is 108 cm³/mol. The first-order valence-corrected chi connectivity index (χ1v) is 9.43. The largest absolute Gasteiger partial charge is 0.479 e. The van der Waals surface area contributed by atoms with Crippen LogP contribution in [-0.2, 0) is 17.6 Å². The van der Waals surface area contributed by atoms with Crippen LogP contribution in [0.2, 0.25) is 0 Å². The first kappa shape index (κ1) is 21.4. The summed E-state index contributed by atoms with van der Waals surface area (Å²) in [5, 5.41) is 8.69. The molecule has 3 rings (SSSR count). The fourth-order valence-corrected chi connectivity index (χ4v) is 3.47. The van der Waals surface area contributed by atoms with Crippen molar-refractivity contribution in [2.75, 3.05) is 6.61 Å². The van der Waals surface area contributed by atoms with E-state index in [4.69, 9.17) is 9.84 Å². The summed E-state index contributed by atoms with van der Waals surface area (Å²) in [4.78, 5) is 10.6. The molecule has 0 aliphatic heterocycles. The number of hydrogen-bond donors (Lipinski definition) is 1. The van der Waals surface area contributed by atoms with Gasteiger partial charge in [0.2, 0.25) is 0 Å². The first-order chi connectivity index (χ1) is 14.3. The molecule has 0 radical (unpaired) electrons. The van der Waals surface area contributed by atoms with Crippen molar-refractivity contribution < 1.29 is 27.8 Å². The molecule has 0 aliphatic rings. The molecular formula is C24H21F3O3. The van der Waals surface area contributed by atoms with Gasteiger partial charge in [0, 0.05) is 5.56 Å². The van der Waals surface area contributed by atoms with Crippen molar-refractivity contribution in [2.45, 2.75) is 26.7 Å². The average molecular weight is 414 g/mol. The number of halogens is 3. The van der Waals surface area contributed by atoms with Crippen molar-refractivity contribution >= 4 is 5.97 Å². The summed E-state index contributed by atoms with van der Waals surface area (Å²) in [7, 11) is 0. The fraction of sp³-hybridized carbons (Fsp3) is 0.208. The number of aliphatic carboxylic acids is 1. The monoisotopic (exact) mass is 414 g/mol. The quantitative estimate of drug-likeness (QED) is 0.545. The Morgan fingerprint density at radius 2 is 1.77 bits per heavy atom. The van der Waals surface area contributed by atoms with Gasteiger partial charge in [-0.2, -0.15) is 0 Å². The molecule has 3 aromatic carbocycles. The van der Waals surface area contributed by atoms with Crippen LogP contribution in [-0.4, -0.2) is 17.7 Å². The van der Waals surface area contributed by atoms with Crippen LogP contribution in [0, 0.1) is 31.3 Å². The lowest BCUT2D eigenvalue weighted by molar-refractivity contribution is -0.139. The van der Waals surface area contributed by atoms with E-state index < -0.39 is 24.2 Å². The molecule has 0 saturated heterocycles. The van der Waals surface area contributed by atoms with Gasteiger partial charge in [0.05, 0.1) is 0 Å². The van der Waals surface area contributed by atoms with Gasteiger partial charge in [0.1, 0.15) is 11.6 Å². The zero-order chi connectivity index (χ0) is 21.8. The van der Waals surface area contributed by atoms with Gasteiger partial charge in [-0.15, -0.1) is 0 Å². The Bertz CT molecular complexity index is 1090. The van der Waals surface area contributed by atoms with E-state index in [1.165, 1.54) is 12.1 Å². The standard InChI is InChI=1S/C24H21F3O3/c1-14-10-16(15(2)20(11-14)17-4-3-5-18(25)12-17)6-7-19-21(26)8-9-22(24(19)27)30-13-23(28)29/h3-5,8-12H,6-7,13H2,1-2H3,(H,28,29). The molecule has 30 heavy (non-hydrogen) atoms. The van der Waals surface area contributed by atoms with E-state index in [1.54, 1.807) is 6.07 Å². The van der Waals surface area contributed by atoms with E-state index in [1.807, 2.05) is 32.0 Å². The Balaban J connectivity index is 1.89. The number of aryl methyl sites for hydroxylation is 2. The molecule has 156 valence electrons. The van der Waals surface area contributed by atoms with Crippen LogP contribution >= 0.6 is 0 Å². The minimum Gasteiger partial charge on any atom is -0.479 e. The maximum absolute atomic E-state index is 14.7. The van der Waals surface area contributed by atoms with Crippen LogP contribution in [0.5, 0.6) is 5.75 Å². The van der Waals surface area contributed by atoms with Gasteiger partial charge in [-0.25, -0.2) is 18.0 Å². The van der Waals surface area contributed by atoms with Crippen LogP contribution in [0.3, 0.4) is 0 Å². The molecule has 0 aromatic heterocycles. The Kier molecular flexibility index (Phi) is 6.45. The molecule has 0 bridgehead atoms. The highest BCUT2D eigenvalue weighted by molar-refractivity contribution is 5.69. The number of carboxylic acids is 1. The van der Waals surface area contributed by atoms with Gasteiger partial charge >= 0.3 is 5.97 Å². The first-order valence-electron chi connectivity index (χ1n) is 9.43. The Labute approximate surface area is 172 Å². The van der Waals surface area contributed by atoms with Gasteiger partial charge < -0.3 is 9.84 Å². The van der Waals surface area contributed by atoms with Gasteiger partial charge in [0.15, 0.2) is 18.2 Å². The maximum Gasteiger partial charge on any atom is 0.341 e.